The fourth-order valence-electron chi connectivity index (χ4n) is 3.50. The molecule has 1 heterocycles. The van der Waals surface area contributed by atoms with Crippen LogP contribution in [0.3, 0.4) is 0 Å². The van der Waals surface area contributed by atoms with Gasteiger partial charge in [-0.15, -0.1) is 0 Å². The van der Waals surface area contributed by atoms with Crippen LogP contribution in [0.5, 0.6) is 5.75 Å². The molecule has 182 valence electrons. The van der Waals surface area contributed by atoms with E-state index in [0.717, 1.165) is 28.4 Å². The summed E-state index contributed by atoms with van der Waals surface area (Å²) in [4.78, 5) is 14.0. The minimum atomic E-state index is -0.855. The number of aromatic nitrogens is 2. The maximum absolute atomic E-state index is 11.9. The first-order valence-electron chi connectivity index (χ1n) is 11.8. The van der Waals surface area contributed by atoms with E-state index in [1.54, 1.807) is 20.8 Å². The molecule has 0 radical (unpaired) electrons. The molecule has 34 heavy (non-hydrogen) atoms. The number of benzene rings is 2. The first-order chi connectivity index (χ1) is 16.1. The molecule has 6 heteroatoms. The smallest absolute Gasteiger partial charge is 0.161 e. The Morgan fingerprint density at radius 3 is 2.50 bits per heavy atom. The van der Waals surface area contributed by atoms with Gasteiger partial charge in [-0.3, -0.25) is 9.48 Å². The maximum atomic E-state index is 11.9. The Kier molecular flexibility index (Phi) is 8.15. The van der Waals surface area contributed by atoms with Gasteiger partial charge in [0.05, 0.1) is 31.1 Å². The second-order valence-corrected chi connectivity index (χ2v) is 9.79. The lowest BCUT2D eigenvalue weighted by Gasteiger charge is -2.21. The van der Waals surface area contributed by atoms with Crippen LogP contribution in [0.15, 0.2) is 54.6 Å². The highest BCUT2D eigenvalue weighted by Gasteiger charge is 2.25. The zero-order valence-corrected chi connectivity index (χ0v) is 21.5. The molecule has 0 saturated heterocycles. The molecule has 0 aliphatic rings. The van der Waals surface area contributed by atoms with Crippen molar-refractivity contribution in [2.45, 2.75) is 53.4 Å². The Bertz CT molecular complexity index is 1120. The molecule has 1 aromatic heterocycles. The van der Waals surface area contributed by atoms with Crippen LogP contribution in [0.2, 0.25) is 0 Å². The number of para-hydroxylation sites is 1. The molecule has 3 aromatic rings. The fourth-order valence-corrected chi connectivity index (χ4v) is 3.50. The minimum Gasteiger partial charge on any atom is -0.493 e. The fraction of sp³-hybridized carbons (Fsp3) is 0.429. The van der Waals surface area contributed by atoms with Gasteiger partial charge in [-0.05, 0) is 56.5 Å². The van der Waals surface area contributed by atoms with E-state index in [1.165, 1.54) is 5.56 Å². The van der Waals surface area contributed by atoms with Gasteiger partial charge >= 0.3 is 0 Å². The maximum Gasteiger partial charge on any atom is 0.161 e. The quantitative estimate of drug-likeness (QED) is 0.371. The zero-order valence-electron chi connectivity index (χ0n) is 21.5. The predicted octanol–water partition coefficient (Wildman–Crippen LogP) is 5.58. The standard InChI is InChI=1S/C28H37N3O3/c1-20(2)18-33-25-13-10-12-22(15-25)27-16-24(19-34-28(4,5)21(3)32)29-31(27)17-23-11-8-9-14-26(23)30(6)7/h8-16,20H,17-19H2,1-7H3. The zero-order chi connectivity index (χ0) is 24.9. The van der Waals surface area contributed by atoms with Crippen LogP contribution in [-0.4, -0.2) is 41.9 Å². The molecule has 0 aliphatic carbocycles. The van der Waals surface area contributed by atoms with E-state index in [0.29, 0.717) is 19.1 Å². The summed E-state index contributed by atoms with van der Waals surface area (Å²) in [5.74, 6) is 1.27. The topological polar surface area (TPSA) is 56.6 Å². The van der Waals surface area contributed by atoms with Crippen molar-refractivity contribution >= 4 is 11.5 Å². The van der Waals surface area contributed by atoms with Crippen LogP contribution in [-0.2, 0) is 22.7 Å². The van der Waals surface area contributed by atoms with Crippen molar-refractivity contribution in [1.82, 2.24) is 9.78 Å². The Labute approximate surface area is 203 Å². The lowest BCUT2D eigenvalue weighted by atomic mass is 10.1. The molecule has 0 amide bonds. The van der Waals surface area contributed by atoms with E-state index in [2.05, 4.69) is 43.0 Å². The summed E-state index contributed by atoms with van der Waals surface area (Å²) in [6.07, 6.45) is 0. The number of Topliss-reactive ketones (excluding diaryl/α,β-unsaturated/α-hetero) is 1. The Morgan fingerprint density at radius 2 is 1.82 bits per heavy atom. The molecule has 3 rings (SSSR count). The number of carbonyl (C=O) groups excluding carboxylic acids is 1. The van der Waals surface area contributed by atoms with Crippen LogP contribution in [0.1, 0.15) is 45.9 Å². The molecule has 0 atom stereocenters. The normalized spacial score (nSPS) is 11.6. The summed E-state index contributed by atoms with van der Waals surface area (Å²) >= 11 is 0. The van der Waals surface area contributed by atoms with Crippen molar-refractivity contribution in [1.29, 1.82) is 0 Å². The summed E-state index contributed by atoms with van der Waals surface area (Å²) in [6, 6.07) is 18.5. The molecule has 0 bridgehead atoms. The first kappa shape index (κ1) is 25.5. The van der Waals surface area contributed by atoms with Gasteiger partial charge in [0.25, 0.3) is 0 Å². The highest BCUT2D eigenvalue weighted by atomic mass is 16.5. The number of ketones is 1. The number of hydrogen-bond acceptors (Lipinski definition) is 5. The summed E-state index contributed by atoms with van der Waals surface area (Å²) in [5.41, 5.74) is 4.23. The van der Waals surface area contributed by atoms with E-state index in [1.807, 2.05) is 49.1 Å². The van der Waals surface area contributed by atoms with Crippen LogP contribution < -0.4 is 9.64 Å². The Morgan fingerprint density at radius 1 is 1.09 bits per heavy atom. The van der Waals surface area contributed by atoms with Crippen molar-refractivity contribution in [2.24, 2.45) is 5.92 Å². The predicted molar refractivity (Wildman–Crippen MR) is 137 cm³/mol. The molecule has 2 aromatic carbocycles. The van der Waals surface area contributed by atoms with Crippen molar-refractivity contribution in [3.8, 4) is 17.0 Å². The average Bonchev–Trinajstić information content (AvgIpc) is 3.19. The van der Waals surface area contributed by atoms with E-state index >= 15 is 0 Å². The Hall–Kier alpha value is -3.12. The van der Waals surface area contributed by atoms with Gasteiger partial charge < -0.3 is 14.4 Å². The number of rotatable bonds is 11. The number of nitrogens with zero attached hydrogens (tertiary/aromatic N) is 3. The number of anilines is 1. The van der Waals surface area contributed by atoms with Gasteiger partial charge in [0.1, 0.15) is 11.4 Å². The van der Waals surface area contributed by atoms with Crippen molar-refractivity contribution in [2.75, 3.05) is 25.6 Å². The summed E-state index contributed by atoms with van der Waals surface area (Å²) in [6.45, 7) is 10.9. The Balaban J connectivity index is 1.98. The summed E-state index contributed by atoms with van der Waals surface area (Å²) in [7, 11) is 4.09. The van der Waals surface area contributed by atoms with E-state index in [4.69, 9.17) is 14.6 Å². The molecule has 6 nitrogen and oxygen atoms in total. The number of carbonyl (C=O) groups is 1. The van der Waals surface area contributed by atoms with Gasteiger partial charge in [0, 0.05) is 25.3 Å². The summed E-state index contributed by atoms with van der Waals surface area (Å²) < 4.78 is 13.9. The number of hydrogen-bond donors (Lipinski definition) is 0. The highest BCUT2D eigenvalue weighted by Crippen LogP contribution is 2.28. The van der Waals surface area contributed by atoms with Gasteiger partial charge in [-0.2, -0.15) is 5.10 Å². The summed E-state index contributed by atoms with van der Waals surface area (Å²) in [5, 5.41) is 4.87. The van der Waals surface area contributed by atoms with E-state index < -0.39 is 5.60 Å². The van der Waals surface area contributed by atoms with Gasteiger partial charge in [-0.25, -0.2) is 0 Å². The molecular formula is C28H37N3O3. The number of ether oxygens (including phenoxy) is 2. The molecule has 0 N–H and O–H groups in total. The first-order valence-corrected chi connectivity index (χ1v) is 11.8. The van der Waals surface area contributed by atoms with E-state index in [9.17, 15) is 4.79 Å². The van der Waals surface area contributed by atoms with Crippen molar-refractivity contribution < 1.29 is 14.3 Å². The second-order valence-electron chi connectivity index (χ2n) is 9.79. The highest BCUT2D eigenvalue weighted by molar-refractivity contribution is 5.83. The largest absolute Gasteiger partial charge is 0.493 e. The lowest BCUT2D eigenvalue weighted by molar-refractivity contribution is -0.139. The van der Waals surface area contributed by atoms with Crippen molar-refractivity contribution in [3.63, 3.8) is 0 Å². The van der Waals surface area contributed by atoms with Crippen LogP contribution in [0.25, 0.3) is 11.3 Å². The molecule has 0 aliphatic heterocycles. The third-order valence-electron chi connectivity index (χ3n) is 5.77. The van der Waals surface area contributed by atoms with Crippen LogP contribution in [0, 0.1) is 5.92 Å². The van der Waals surface area contributed by atoms with Crippen molar-refractivity contribution in [3.05, 3.63) is 65.9 Å². The minimum absolute atomic E-state index is 0.0120. The van der Waals surface area contributed by atoms with E-state index in [-0.39, 0.29) is 12.4 Å². The van der Waals surface area contributed by atoms with Crippen LogP contribution >= 0.6 is 0 Å². The molecule has 0 saturated carbocycles. The molecule has 0 unspecified atom stereocenters. The molecular weight excluding hydrogens is 426 g/mol. The SMILES string of the molecule is CC(=O)C(C)(C)OCc1cc(-c2cccc(OCC(C)C)c2)n(Cc2ccccc2N(C)C)n1. The van der Waals surface area contributed by atoms with Gasteiger partial charge in [0.2, 0.25) is 0 Å². The third-order valence-corrected chi connectivity index (χ3v) is 5.77. The molecule has 0 spiro atoms. The molecule has 0 fully saturated rings. The van der Waals surface area contributed by atoms with Gasteiger partial charge in [0.15, 0.2) is 5.78 Å². The van der Waals surface area contributed by atoms with Gasteiger partial charge in [-0.1, -0.05) is 44.2 Å². The lowest BCUT2D eigenvalue weighted by Crippen LogP contribution is -2.32. The second kappa shape index (κ2) is 10.9. The third kappa shape index (κ3) is 6.48. The average molecular weight is 464 g/mol. The van der Waals surface area contributed by atoms with Crippen LogP contribution in [0.4, 0.5) is 5.69 Å². The monoisotopic (exact) mass is 463 g/mol.